The van der Waals surface area contributed by atoms with E-state index >= 15 is 0 Å². The highest BCUT2D eigenvalue weighted by molar-refractivity contribution is 5.85. The van der Waals surface area contributed by atoms with Crippen LogP contribution in [0, 0.1) is 0 Å². The molecular weight excluding hydrogens is 316 g/mol. The summed E-state index contributed by atoms with van der Waals surface area (Å²) >= 11 is 0. The average molecular weight is 340 g/mol. The zero-order valence-corrected chi connectivity index (χ0v) is 14.5. The van der Waals surface area contributed by atoms with Gasteiger partial charge in [0, 0.05) is 62.0 Å². The number of imidazole rings is 1. The number of amides is 1. The minimum Gasteiger partial charge on any atom is -0.383 e. The Kier molecular flexibility index (Phi) is 5.85. The largest absolute Gasteiger partial charge is 0.383 e. The lowest BCUT2D eigenvalue weighted by atomic mass is 10.1. The van der Waals surface area contributed by atoms with Crippen LogP contribution in [0.4, 0.5) is 0 Å². The first-order valence-corrected chi connectivity index (χ1v) is 8.57. The number of nitrogens with zero attached hydrogens (tertiary/aromatic N) is 2. The molecule has 0 spiro atoms. The van der Waals surface area contributed by atoms with Crippen molar-refractivity contribution in [2.45, 2.75) is 25.8 Å². The monoisotopic (exact) mass is 340 g/mol. The molecule has 2 N–H and O–H groups in total. The zero-order chi connectivity index (χ0) is 17.5. The number of rotatable bonds is 9. The van der Waals surface area contributed by atoms with Gasteiger partial charge in [0.1, 0.15) is 0 Å². The smallest absolute Gasteiger partial charge is 0.220 e. The summed E-state index contributed by atoms with van der Waals surface area (Å²) in [5.41, 5.74) is 3.42. The first kappa shape index (κ1) is 17.2. The lowest BCUT2D eigenvalue weighted by Gasteiger charge is -2.04. The molecule has 1 amide bonds. The van der Waals surface area contributed by atoms with Gasteiger partial charge in [-0.05, 0) is 18.1 Å². The number of carbonyl (C=O) groups excluding carboxylic acids is 1. The normalized spacial score (nSPS) is 11.1. The standard InChI is InChI=1S/C19H24N4O2/c1-25-11-10-23-13-15(17-4-2-3-5-18(17)23)6-7-19(24)21-9-8-16-12-20-14-22-16/h2-5,12-14H,6-11H2,1H3,(H,20,22)(H,21,24). The molecule has 0 aliphatic carbocycles. The maximum absolute atomic E-state index is 12.1. The topological polar surface area (TPSA) is 71.9 Å². The highest BCUT2D eigenvalue weighted by Gasteiger charge is 2.10. The molecule has 0 radical (unpaired) electrons. The molecule has 0 unspecified atom stereocenters. The number of aryl methyl sites for hydroxylation is 1. The molecule has 0 saturated heterocycles. The molecule has 0 aliphatic heterocycles. The van der Waals surface area contributed by atoms with E-state index in [1.54, 1.807) is 19.6 Å². The molecule has 0 atom stereocenters. The van der Waals surface area contributed by atoms with Gasteiger partial charge in [0.15, 0.2) is 0 Å². The van der Waals surface area contributed by atoms with Crippen molar-refractivity contribution in [1.29, 1.82) is 0 Å². The van der Waals surface area contributed by atoms with Gasteiger partial charge in [-0.25, -0.2) is 4.98 Å². The Morgan fingerprint density at radius 3 is 3.00 bits per heavy atom. The second-order valence-electron chi connectivity index (χ2n) is 6.03. The van der Waals surface area contributed by atoms with Crippen LogP contribution < -0.4 is 5.32 Å². The van der Waals surface area contributed by atoms with E-state index in [-0.39, 0.29) is 5.91 Å². The van der Waals surface area contributed by atoms with Crippen LogP contribution in [0.2, 0.25) is 0 Å². The Morgan fingerprint density at radius 1 is 1.32 bits per heavy atom. The van der Waals surface area contributed by atoms with Gasteiger partial charge >= 0.3 is 0 Å². The van der Waals surface area contributed by atoms with Gasteiger partial charge in [0.2, 0.25) is 5.91 Å². The molecule has 1 aromatic carbocycles. The van der Waals surface area contributed by atoms with Crippen molar-refractivity contribution < 1.29 is 9.53 Å². The van der Waals surface area contributed by atoms with E-state index in [0.29, 0.717) is 19.6 Å². The Balaban J connectivity index is 1.56. The van der Waals surface area contributed by atoms with Crippen molar-refractivity contribution in [2.24, 2.45) is 0 Å². The van der Waals surface area contributed by atoms with Crippen LogP contribution in [-0.4, -0.2) is 40.7 Å². The number of para-hydroxylation sites is 1. The van der Waals surface area contributed by atoms with Crippen LogP contribution in [0.5, 0.6) is 0 Å². The van der Waals surface area contributed by atoms with Crippen LogP contribution in [0.25, 0.3) is 10.9 Å². The number of aromatic amines is 1. The van der Waals surface area contributed by atoms with Gasteiger partial charge in [-0.15, -0.1) is 0 Å². The third-order valence-corrected chi connectivity index (χ3v) is 4.30. The lowest BCUT2D eigenvalue weighted by molar-refractivity contribution is -0.121. The molecule has 2 aromatic heterocycles. The number of carbonyl (C=O) groups is 1. The van der Waals surface area contributed by atoms with Gasteiger partial charge in [-0.1, -0.05) is 18.2 Å². The minimum absolute atomic E-state index is 0.0771. The molecule has 132 valence electrons. The van der Waals surface area contributed by atoms with Crippen LogP contribution in [0.15, 0.2) is 43.0 Å². The predicted molar refractivity (Wildman–Crippen MR) is 97.4 cm³/mol. The third-order valence-electron chi connectivity index (χ3n) is 4.30. The highest BCUT2D eigenvalue weighted by Crippen LogP contribution is 2.22. The Morgan fingerprint density at radius 2 is 2.20 bits per heavy atom. The molecule has 25 heavy (non-hydrogen) atoms. The summed E-state index contributed by atoms with van der Waals surface area (Å²) in [7, 11) is 1.71. The fourth-order valence-corrected chi connectivity index (χ4v) is 2.99. The zero-order valence-electron chi connectivity index (χ0n) is 14.5. The van der Waals surface area contributed by atoms with Crippen molar-refractivity contribution in [3.63, 3.8) is 0 Å². The first-order chi connectivity index (χ1) is 12.3. The minimum atomic E-state index is 0.0771. The molecule has 2 heterocycles. The third kappa shape index (κ3) is 4.48. The number of ether oxygens (including phenoxy) is 1. The number of aromatic nitrogens is 3. The van der Waals surface area contributed by atoms with E-state index in [1.165, 1.54) is 16.5 Å². The molecule has 0 fully saturated rings. The summed E-state index contributed by atoms with van der Waals surface area (Å²) in [5, 5.41) is 4.18. The second-order valence-corrected chi connectivity index (χ2v) is 6.03. The van der Waals surface area contributed by atoms with E-state index in [0.717, 1.165) is 25.1 Å². The molecule has 3 rings (SSSR count). The number of benzene rings is 1. The van der Waals surface area contributed by atoms with Crippen LogP contribution in [0.1, 0.15) is 17.7 Å². The molecule has 6 nitrogen and oxygen atoms in total. The van der Waals surface area contributed by atoms with Crippen LogP contribution in [0.3, 0.4) is 0 Å². The SMILES string of the molecule is COCCn1cc(CCC(=O)NCCc2cnc[nH]2)c2ccccc21. The van der Waals surface area contributed by atoms with E-state index < -0.39 is 0 Å². The van der Waals surface area contributed by atoms with Gasteiger partial charge in [-0.3, -0.25) is 4.79 Å². The van der Waals surface area contributed by atoms with Crippen LogP contribution in [-0.2, 0) is 28.9 Å². The molecule has 6 heteroatoms. The van der Waals surface area contributed by atoms with Gasteiger partial charge in [0.05, 0.1) is 12.9 Å². The number of fused-ring (bicyclic) bond motifs is 1. The fraction of sp³-hybridized carbons (Fsp3) is 0.368. The van der Waals surface area contributed by atoms with Gasteiger partial charge < -0.3 is 19.6 Å². The average Bonchev–Trinajstić information content (AvgIpc) is 3.26. The molecular formula is C19H24N4O2. The number of hydrogen-bond donors (Lipinski definition) is 2. The van der Waals surface area contributed by atoms with E-state index in [2.05, 4.69) is 38.2 Å². The highest BCUT2D eigenvalue weighted by atomic mass is 16.5. The van der Waals surface area contributed by atoms with E-state index in [4.69, 9.17) is 4.74 Å². The maximum Gasteiger partial charge on any atom is 0.220 e. The predicted octanol–water partition coefficient (Wildman–Crippen LogP) is 2.30. The maximum atomic E-state index is 12.1. The number of nitrogens with one attached hydrogen (secondary N) is 2. The lowest BCUT2D eigenvalue weighted by Crippen LogP contribution is -2.25. The Hall–Kier alpha value is -2.60. The van der Waals surface area contributed by atoms with Crippen LogP contribution >= 0.6 is 0 Å². The molecule has 0 saturated carbocycles. The summed E-state index contributed by atoms with van der Waals surface area (Å²) in [6, 6.07) is 8.30. The van der Waals surface area contributed by atoms with E-state index in [9.17, 15) is 4.79 Å². The molecule has 3 aromatic rings. The van der Waals surface area contributed by atoms with Crippen molar-refractivity contribution in [2.75, 3.05) is 20.3 Å². The Bertz CT molecular complexity index is 808. The summed E-state index contributed by atoms with van der Waals surface area (Å²) in [4.78, 5) is 19.1. The molecule has 0 bridgehead atoms. The first-order valence-electron chi connectivity index (χ1n) is 8.57. The van der Waals surface area contributed by atoms with Crippen molar-refractivity contribution in [1.82, 2.24) is 19.9 Å². The summed E-state index contributed by atoms with van der Waals surface area (Å²) in [6.45, 7) is 2.11. The second kappa shape index (κ2) is 8.48. The van der Waals surface area contributed by atoms with Crippen molar-refractivity contribution in [3.8, 4) is 0 Å². The number of hydrogen-bond acceptors (Lipinski definition) is 3. The van der Waals surface area contributed by atoms with Crippen molar-refractivity contribution >= 4 is 16.8 Å². The summed E-state index contributed by atoms with van der Waals surface area (Å²) in [5.74, 6) is 0.0771. The van der Waals surface area contributed by atoms with E-state index in [1.807, 2.05) is 12.1 Å². The summed E-state index contributed by atoms with van der Waals surface area (Å²) < 4.78 is 7.38. The quantitative estimate of drug-likeness (QED) is 0.628. The van der Waals surface area contributed by atoms with Gasteiger partial charge in [0.25, 0.3) is 0 Å². The summed E-state index contributed by atoms with van der Waals surface area (Å²) in [6.07, 6.45) is 7.55. The van der Waals surface area contributed by atoms with Crippen molar-refractivity contribution in [3.05, 3.63) is 54.2 Å². The fourth-order valence-electron chi connectivity index (χ4n) is 2.99. The Labute approximate surface area is 147 Å². The van der Waals surface area contributed by atoms with Gasteiger partial charge in [-0.2, -0.15) is 0 Å². The number of methoxy groups -OCH3 is 1. The number of H-pyrrole nitrogens is 1. The molecule has 0 aliphatic rings.